The van der Waals surface area contributed by atoms with E-state index in [1.807, 2.05) is 30.3 Å². The van der Waals surface area contributed by atoms with Gasteiger partial charge in [0.05, 0.1) is 31.0 Å². The molecule has 0 bridgehead atoms. The van der Waals surface area contributed by atoms with E-state index in [-0.39, 0.29) is 25.2 Å². The van der Waals surface area contributed by atoms with Crippen molar-refractivity contribution in [1.82, 2.24) is 15.2 Å². The molecule has 0 amide bonds. The zero-order valence-corrected chi connectivity index (χ0v) is 19.0. The summed E-state index contributed by atoms with van der Waals surface area (Å²) in [4.78, 5) is 30.2. The summed E-state index contributed by atoms with van der Waals surface area (Å²) in [5.74, 6) is 0.461. The van der Waals surface area contributed by atoms with Crippen LogP contribution in [0.1, 0.15) is 40.8 Å². The van der Waals surface area contributed by atoms with Gasteiger partial charge >= 0.3 is 11.9 Å². The van der Waals surface area contributed by atoms with E-state index in [0.717, 1.165) is 11.3 Å². The van der Waals surface area contributed by atoms with Crippen molar-refractivity contribution in [2.45, 2.75) is 19.0 Å². The van der Waals surface area contributed by atoms with Crippen molar-refractivity contribution in [2.24, 2.45) is 0 Å². The summed E-state index contributed by atoms with van der Waals surface area (Å²) in [6.07, 6.45) is 1.71. The lowest BCUT2D eigenvalue weighted by Gasteiger charge is -2.25. The first-order valence-corrected chi connectivity index (χ1v) is 10.8. The van der Waals surface area contributed by atoms with Gasteiger partial charge in [-0.2, -0.15) is 0 Å². The van der Waals surface area contributed by atoms with Gasteiger partial charge in [0.25, 0.3) is 0 Å². The Bertz CT molecular complexity index is 1150. The lowest BCUT2D eigenvalue weighted by Crippen LogP contribution is -2.35. The molecule has 2 aromatic heterocycles. The molecule has 1 fully saturated rings. The molecule has 8 nitrogen and oxygen atoms in total. The van der Waals surface area contributed by atoms with E-state index in [4.69, 9.17) is 26.1 Å². The van der Waals surface area contributed by atoms with Crippen molar-refractivity contribution >= 4 is 29.3 Å². The molecule has 2 unspecified atom stereocenters. The molecule has 1 saturated heterocycles. The zero-order chi connectivity index (χ0) is 23.4. The molecule has 4 rings (SSSR count). The predicted molar refractivity (Wildman–Crippen MR) is 124 cm³/mol. The molecule has 170 valence electrons. The zero-order valence-electron chi connectivity index (χ0n) is 18.2. The maximum Gasteiger partial charge on any atom is 0.337 e. The van der Waals surface area contributed by atoms with E-state index >= 15 is 0 Å². The normalized spacial score (nSPS) is 17.5. The number of aromatic nitrogens is 1. The first-order chi connectivity index (χ1) is 16.0. The molecule has 3 heterocycles. The molecule has 0 spiro atoms. The van der Waals surface area contributed by atoms with Gasteiger partial charge in [-0.05, 0) is 55.5 Å². The number of nitrogens with zero attached hydrogens (tertiary/aromatic N) is 2. The van der Waals surface area contributed by atoms with E-state index in [2.05, 4.69) is 10.3 Å². The van der Waals surface area contributed by atoms with E-state index in [0.29, 0.717) is 22.2 Å². The van der Waals surface area contributed by atoms with Crippen LogP contribution in [0.25, 0.3) is 11.3 Å². The lowest BCUT2D eigenvalue weighted by atomic mass is 10.0. The minimum absolute atomic E-state index is 0.0163. The number of thiocarbonyl (C=S) groups is 1. The molecular weight excluding hydrogens is 442 g/mol. The van der Waals surface area contributed by atoms with Crippen LogP contribution in [0.15, 0.2) is 65.2 Å². The summed E-state index contributed by atoms with van der Waals surface area (Å²) in [6.45, 7) is 2.03. The number of furan rings is 1. The Labute approximate surface area is 196 Å². The Morgan fingerprint density at radius 2 is 1.94 bits per heavy atom. The molecule has 3 aromatic rings. The standard InChI is InChI=1S/C24H23N3O5S/c1-3-31-20(28)14-27-22(21(26-24(27)33)17-6-4-5-13-25-17)19-12-11-18(32-19)15-7-9-16(10-8-15)23(29)30-2/h4-13,21-22H,3,14H2,1-2H3,(H,26,33). The lowest BCUT2D eigenvalue weighted by molar-refractivity contribution is -0.143. The summed E-state index contributed by atoms with van der Waals surface area (Å²) >= 11 is 5.54. The third kappa shape index (κ3) is 4.73. The monoisotopic (exact) mass is 465 g/mol. The fraction of sp³-hybridized carbons (Fsp3) is 0.250. The van der Waals surface area contributed by atoms with Crippen LogP contribution in [0.3, 0.4) is 0 Å². The molecule has 1 aromatic carbocycles. The number of nitrogens with one attached hydrogen (secondary N) is 1. The number of benzene rings is 1. The molecule has 0 radical (unpaired) electrons. The first kappa shape index (κ1) is 22.5. The number of carbonyl (C=O) groups is 2. The fourth-order valence-corrected chi connectivity index (χ4v) is 4.09. The largest absolute Gasteiger partial charge is 0.465 e. The third-order valence-corrected chi connectivity index (χ3v) is 5.66. The number of hydrogen-bond donors (Lipinski definition) is 1. The highest BCUT2D eigenvalue weighted by Gasteiger charge is 2.42. The Morgan fingerprint density at radius 3 is 2.61 bits per heavy atom. The maximum atomic E-state index is 12.3. The molecule has 33 heavy (non-hydrogen) atoms. The quantitative estimate of drug-likeness (QED) is 0.414. The Hall–Kier alpha value is -3.72. The highest BCUT2D eigenvalue weighted by molar-refractivity contribution is 7.80. The van der Waals surface area contributed by atoms with Gasteiger partial charge in [-0.15, -0.1) is 0 Å². The van der Waals surface area contributed by atoms with Crippen molar-refractivity contribution in [3.63, 3.8) is 0 Å². The van der Waals surface area contributed by atoms with Crippen molar-refractivity contribution in [3.05, 3.63) is 77.8 Å². The average Bonchev–Trinajstić information content (AvgIpc) is 3.44. The number of hydrogen-bond acceptors (Lipinski definition) is 7. The van der Waals surface area contributed by atoms with Gasteiger partial charge in [0.2, 0.25) is 0 Å². The number of ether oxygens (including phenoxy) is 2. The third-order valence-electron chi connectivity index (χ3n) is 5.31. The number of pyridine rings is 1. The van der Waals surface area contributed by atoms with Crippen LogP contribution in [0.4, 0.5) is 0 Å². The minimum Gasteiger partial charge on any atom is -0.465 e. The Kier molecular flexibility index (Phi) is 6.69. The smallest absolute Gasteiger partial charge is 0.337 e. The molecule has 0 aliphatic carbocycles. The summed E-state index contributed by atoms with van der Waals surface area (Å²) in [6, 6.07) is 15.6. The summed E-state index contributed by atoms with van der Waals surface area (Å²) in [5.41, 5.74) is 2.03. The molecular formula is C24H23N3O5S. The minimum atomic E-state index is -0.403. The summed E-state index contributed by atoms with van der Waals surface area (Å²) < 4.78 is 16.1. The van der Waals surface area contributed by atoms with Crippen LogP contribution in [-0.2, 0) is 14.3 Å². The van der Waals surface area contributed by atoms with E-state index < -0.39 is 12.0 Å². The molecule has 9 heteroatoms. The molecule has 1 aliphatic heterocycles. The van der Waals surface area contributed by atoms with Crippen LogP contribution in [-0.4, -0.2) is 47.2 Å². The number of methoxy groups -OCH3 is 1. The Morgan fingerprint density at radius 1 is 1.15 bits per heavy atom. The maximum absolute atomic E-state index is 12.3. The van der Waals surface area contributed by atoms with E-state index in [1.165, 1.54) is 7.11 Å². The van der Waals surface area contributed by atoms with Gasteiger partial charge in [-0.3, -0.25) is 9.78 Å². The van der Waals surface area contributed by atoms with Gasteiger partial charge < -0.3 is 24.1 Å². The van der Waals surface area contributed by atoms with Crippen molar-refractivity contribution in [1.29, 1.82) is 0 Å². The second-order valence-corrected chi connectivity index (χ2v) is 7.72. The SMILES string of the molecule is CCOC(=O)CN1C(=S)NC(c2ccccn2)C1c1ccc(-c2ccc(C(=O)OC)cc2)o1. The van der Waals surface area contributed by atoms with Gasteiger partial charge in [0, 0.05) is 11.8 Å². The highest BCUT2D eigenvalue weighted by Crippen LogP contribution is 2.40. The van der Waals surface area contributed by atoms with Crippen LogP contribution < -0.4 is 5.32 Å². The number of carbonyl (C=O) groups excluding carboxylic acids is 2. The van der Waals surface area contributed by atoms with Gasteiger partial charge in [-0.1, -0.05) is 18.2 Å². The molecule has 1 N–H and O–H groups in total. The molecule has 0 saturated carbocycles. The van der Waals surface area contributed by atoms with Crippen LogP contribution in [0.5, 0.6) is 0 Å². The van der Waals surface area contributed by atoms with Gasteiger partial charge in [0.1, 0.15) is 24.1 Å². The van der Waals surface area contributed by atoms with Crippen molar-refractivity contribution < 1.29 is 23.5 Å². The van der Waals surface area contributed by atoms with Crippen LogP contribution >= 0.6 is 12.2 Å². The molecule has 2 atom stereocenters. The second kappa shape index (κ2) is 9.83. The van der Waals surface area contributed by atoms with Crippen molar-refractivity contribution in [3.8, 4) is 11.3 Å². The van der Waals surface area contributed by atoms with E-state index in [9.17, 15) is 9.59 Å². The highest BCUT2D eigenvalue weighted by atomic mass is 32.1. The van der Waals surface area contributed by atoms with Gasteiger partial charge in [0.15, 0.2) is 5.11 Å². The number of rotatable bonds is 7. The molecule has 1 aliphatic rings. The van der Waals surface area contributed by atoms with E-state index in [1.54, 1.807) is 42.3 Å². The first-order valence-electron chi connectivity index (χ1n) is 10.4. The summed E-state index contributed by atoms with van der Waals surface area (Å²) in [7, 11) is 1.34. The predicted octanol–water partition coefficient (Wildman–Crippen LogP) is 3.66. The summed E-state index contributed by atoms with van der Waals surface area (Å²) in [5, 5.41) is 3.69. The second-order valence-electron chi connectivity index (χ2n) is 7.33. The van der Waals surface area contributed by atoms with Crippen LogP contribution in [0, 0.1) is 0 Å². The average molecular weight is 466 g/mol. The Balaban J connectivity index is 1.67. The topological polar surface area (TPSA) is 93.9 Å². The fourth-order valence-electron chi connectivity index (χ4n) is 3.79. The van der Waals surface area contributed by atoms with Gasteiger partial charge in [-0.25, -0.2) is 4.79 Å². The number of esters is 2. The van der Waals surface area contributed by atoms with Crippen molar-refractivity contribution in [2.75, 3.05) is 20.3 Å². The van der Waals surface area contributed by atoms with Crippen LogP contribution in [0.2, 0.25) is 0 Å².